The molecule has 2 aromatic rings. The fraction of sp³-hybridized carbons (Fsp3) is 0.455. The lowest BCUT2D eigenvalue weighted by atomic mass is 10.4. The first kappa shape index (κ1) is 14.2. The van der Waals surface area contributed by atoms with Crippen molar-refractivity contribution in [1.82, 2.24) is 24.7 Å². The summed E-state index contributed by atoms with van der Waals surface area (Å²) in [6.07, 6.45) is 3.15. The molecule has 0 bridgehead atoms. The number of ether oxygens (including phenoxy) is 2. The van der Waals surface area contributed by atoms with Crippen molar-refractivity contribution in [3.05, 3.63) is 18.5 Å². The maximum atomic E-state index is 5.57. The van der Waals surface area contributed by atoms with E-state index in [2.05, 4.69) is 25.5 Å². The van der Waals surface area contributed by atoms with Crippen molar-refractivity contribution in [2.75, 3.05) is 18.6 Å². The number of nitrogens with two attached hydrogens (primary N) is 1. The van der Waals surface area contributed by atoms with Crippen molar-refractivity contribution in [2.45, 2.75) is 20.0 Å². The minimum Gasteiger partial charge on any atom is -0.458 e. The molecule has 2 heterocycles. The van der Waals surface area contributed by atoms with Crippen LogP contribution in [-0.4, -0.2) is 44.1 Å². The molecule has 9 nitrogen and oxygen atoms in total. The molecule has 1 atom stereocenters. The van der Waals surface area contributed by atoms with Gasteiger partial charge in [0.05, 0.1) is 6.61 Å². The predicted octanol–water partition coefficient (Wildman–Crippen LogP) is 0.147. The zero-order valence-corrected chi connectivity index (χ0v) is 11.4. The molecule has 9 heteroatoms. The van der Waals surface area contributed by atoms with Crippen LogP contribution in [0.3, 0.4) is 0 Å². The molecule has 1 unspecified atom stereocenters. The first-order valence-electron chi connectivity index (χ1n) is 6.20. The van der Waals surface area contributed by atoms with Gasteiger partial charge in [-0.25, -0.2) is 10.5 Å². The topological polar surface area (TPSA) is 113 Å². The Balaban J connectivity index is 2.18. The van der Waals surface area contributed by atoms with E-state index in [0.29, 0.717) is 19.2 Å². The van der Waals surface area contributed by atoms with E-state index in [-0.39, 0.29) is 18.1 Å². The van der Waals surface area contributed by atoms with Gasteiger partial charge >= 0.3 is 6.01 Å². The Bertz CT molecular complexity index is 532. The van der Waals surface area contributed by atoms with Crippen LogP contribution in [0.2, 0.25) is 0 Å². The van der Waals surface area contributed by atoms with Crippen molar-refractivity contribution in [3.8, 4) is 12.0 Å². The number of hydrogen-bond donors (Lipinski definition) is 2. The third-order valence-electron chi connectivity index (χ3n) is 2.30. The lowest BCUT2D eigenvalue weighted by Crippen LogP contribution is -2.22. The standard InChI is InChI=1S/C11H17N7O2/c1-3-19-7-8(2)20-11-15-9(17-12)14-10(16-11)18-6-4-5-13-18/h4-6,8H,3,7,12H2,1-2H3,(H,14,15,16,17). The Morgan fingerprint density at radius 1 is 1.40 bits per heavy atom. The van der Waals surface area contributed by atoms with Crippen LogP contribution in [0.15, 0.2) is 18.5 Å². The Hall–Kier alpha value is -2.26. The molecule has 0 saturated heterocycles. The van der Waals surface area contributed by atoms with Crippen molar-refractivity contribution in [2.24, 2.45) is 5.84 Å². The molecule has 0 spiro atoms. The van der Waals surface area contributed by atoms with Gasteiger partial charge in [0, 0.05) is 19.0 Å². The van der Waals surface area contributed by atoms with Gasteiger partial charge in [0.1, 0.15) is 6.10 Å². The highest BCUT2D eigenvalue weighted by molar-refractivity contribution is 5.28. The average Bonchev–Trinajstić information content (AvgIpc) is 2.99. The van der Waals surface area contributed by atoms with E-state index in [1.807, 2.05) is 13.8 Å². The van der Waals surface area contributed by atoms with E-state index in [1.54, 1.807) is 18.5 Å². The van der Waals surface area contributed by atoms with Crippen LogP contribution in [0, 0.1) is 0 Å². The number of nitrogens with one attached hydrogen (secondary N) is 1. The van der Waals surface area contributed by atoms with Crippen molar-refractivity contribution >= 4 is 5.95 Å². The molecule has 0 amide bonds. The van der Waals surface area contributed by atoms with E-state index < -0.39 is 0 Å². The van der Waals surface area contributed by atoms with Gasteiger partial charge in [-0.2, -0.15) is 20.1 Å². The minimum atomic E-state index is -0.187. The van der Waals surface area contributed by atoms with Crippen molar-refractivity contribution in [3.63, 3.8) is 0 Å². The van der Waals surface area contributed by atoms with Gasteiger partial charge in [-0.3, -0.25) is 5.43 Å². The SMILES string of the molecule is CCOCC(C)Oc1nc(NN)nc(-n2cccn2)n1. The normalized spacial score (nSPS) is 12.2. The van der Waals surface area contributed by atoms with E-state index in [1.165, 1.54) is 4.68 Å². The van der Waals surface area contributed by atoms with Crippen LogP contribution in [-0.2, 0) is 4.74 Å². The lowest BCUT2D eigenvalue weighted by Gasteiger charge is -2.13. The van der Waals surface area contributed by atoms with E-state index >= 15 is 0 Å². The number of anilines is 1. The fourth-order valence-electron chi connectivity index (χ4n) is 1.45. The first-order valence-corrected chi connectivity index (χ1v) is 6.20. The summed E-state index contributed by atoms with van der Waals surface area (Å²) < 4.78 is 12.3. The molecule has 0 saturated carbocycles. The number of nitrogens with zero attached hydrogens (tertiary/aromatic N) is 5. The van der Waals surface area contributed by atoms with Crippen molar-refractivity contribution in [1.29, 1.82) is 0 Å². The maximum Gasteiger partial charge on any atom is 0.323 e. The van der Waals surface area contributed by atoms with Crippen LogP contribution in [0.5, 0.6) is 6.01 Å². The van der Waals surface area contributed by atoms with E-state index in [0.717, 1.165) is 0 Å². The monoisotopic (exact) mass is 279 g/mol. The summed E-state index contributed by atoms with van der Waals surface area (Å²) in [6.45, 7) is 4.86. The summed E-state index contributed by atoms with van der Waals surface area (Å²) in [6, 6.07) is 1.92. The highest BCUT2D eigenvalue weighted by Gasteiger charge is 2.12. The van der Waals surface area contributed by atoms with Crippen LogP contribution < -0.4 is 16.0 Å². The fourth-order valence-corrected chi connectivity index (χ4v) is 1.45. The summed E-state index contributed by atoms with van der Waals surface area (Å²) in [7, 11) is 0. The van der Waals surface area contributed by atoms with Gasteiger partial charge in [0.25, 0.3) is 5.95 Å². The number of hydrogen-bond acceptors (Lipinski definition) is 8. The molecule has 0 radical (unpaired) electrons. The van der Waals surface area contributed by atoms with Gasteiger partial charge in [-0.1, -0.05) is 0 Å². The van der Waals surface area contributed by atoms with Crippen LogP contribution in [0.1, 0.15) is 13.8 Å². The highest BCUT2D eigenvalue weighted by Crippen LogP contribution is 2.11. The second kappa shape index (κ2) is 6.78. The quantitative estimate of drug-likeness (QED) is 0.544. The van der Waals surface area contributed by atoms with Gasteiger partial charge in [-0.05, 0) is 19.9 Å². The molecule has 0 aromatic carbocycles. The summed E-state index contributed by atoms with van der Waals surface area (Å²) in [5.74, 6) is 5.85. The largest absolute Gasteiger partial charge is 0.458 e. The average molecular weight is 279 g/mol. The molecular weight excluding hydrogens is 262 g/mol. The molecule has 3 N–H and O–H groups in total. The smallest absolute Gasteiger partial charge is 0.323 e. The molecule has 0 aliphatic rings. The van der Waals surface area contributed by atoms with E-state index in [4.69, 9.17) is 15.3 Å². The maximum absolute atomic E-state index is 5.57. The van der Waals surface area contributed by atoms with Crippen molar-refractivity contribution < 1.29 is 9.47 Å². The van der Waals surface area contributed by atoms with Crippen LogP contribution >= 0.6 is 0 Å². The van der Waals surface area contributed by atoms with Gasteiger partial charge in [-0.15, -0.1) is 0 Å². The Morgan fingerprint density at radius 2 is 2.25 bits per heavy atom. The molecule has 0 aliphatic carbocycles. The van der Waals surface area contributed by atoms with Gasteiger partial charge < -0.3 is 9.47 Å². The summed E-state index contributed by atoms with van der Waals surface area (Å²) >= 11 is 0. The molecule has 0 aliphatic heterocycles. The number of rotatable bonds is 7. The molecule has 2 rings (SSSR count). The number of aromatic nitrogens is 5. The van der Waals surface area contributed by atoms with Gasteiger partial charge in [0.2, 0.25) is 5.95 Å². The Kier molecular flexibility index (Phi) is 4.80. The van der Waals surface area contributed by atoms with E-state index in [9.17, 15) is 0 Å². The molecule has 108 valence electrons. The zero-order valence-electron chi connectivity index (χ0n) is 11.4. The molecule has 20 heavy (non-hydrogen) atoms. The zero-order chi connectivity index (χ0) is 14.4. The molecular formula is C11H17N7O2. The second-order valence-corrected chi connectivity index (χ2v) is 3.92. The van der Waals surface area contributed by atoms with Crippen LogP contribution in [0.25, 0.3) is 5.95 Å². The summed E-state index contributed by atoms with van der Waals surface area (Å²) in [4.78, 5) is 12.3. The number of hydrazine groups is 1. The third-order valence-corrected chi connectivity index (χ3v) is 2.30. The number of nitrogen functional groups attached to an aromatic ring is 1. The van der Waals surface area contributed by atoms with Gasteiger partial charge in [0.15, 0.2) is 0 Å². The molecule has 2 aromatic heterocycles. The third kappa shape index (κ3) is 3.62. The summed E-state index contributed by atoms with van der Waals surface area (Å²) in [5, 5.41) is 4.05. The highest BCUT2D eigenvalue weighted by atomic mass is 16.5. The van der Waals surface area contributed by atoms with Crippen LogP contribution in [0.4, 0.5) is 5.95 Å². The molecule has 0 fully saturated rings. The Morgan fingerprint density at radius 3 is 2.90 bits per heavy atom. The summed E-state index contributed by atoms with van der Waals surface area (Å²) in [5.41, 5.74) is 2.37. The lowest BCUT2D eigenvalue weighted by molar-refractivity contribution is 0.0606. The minimum absolute atomic E-state index is 0.158. The first-order chi connectivity index (χ1) is 9.72. The Labute approximate surface area is 116 Å². The second-order valence-electron chi connectivity index (χ2n) is 3.92. The predicted molar refractivity (Wildman–Crippen MR) is 71.3 cm³/mol.